The van der Waals surface area contributed by atoms with E-state index in [9.17, 15) is 13.2 Å². The molecule has 1 amide bonds. The predicted molar refractivity (Wildman–Crippen MR) is 103 cm³/mol. The lowest BCUT2D eigenvalue weighted by molar-refractivity contribution is -0.895. The molecule has 0 bridgehead atoms. The Labute approximate surface area is 165 Å². The zero-order valence-corrected chi connectivity index (χ0v) is 17.6. The summed E-state index contributed by atoms with van der Waals surface area (Å²) in [7, 11) is -3.75. The molecular weight excluding hydrogens is 397 g/mol. The van der Waals surface area contributed by atoms with Gasteiger partial charge in [-0.15, -0.1) is 0 Å². The summed E-state index contributed by atoms with van der Waals surface area (Å²) >= 11 is 12.1. The van der Waals surface area contributed by atoms with Gasteiger partial charge in [0.2, 0.25) is 10.0 Å². The highest BCUT2D eigenvalue weighted by Crippen LogP contribution is 2.31. The van der Waals surface area contributed by atoms with E-state index in [1.54, 1.807) is 6.07 Å². The molecular formula is C17H26Cl2N3O3S+. The van der Waals surface area contributed by atoms with Crippen LogP contribution in [0.4, 0.5) is 0 Å². The van der Waals surface area contributed by atoms with Crippen molar-refractivity contribution < 1.29 is 18.1 Å². The molecule has 0 aliphatic carbocycles. The van der Waals surface area contributed by atoms with Crippen LogP contribution in [-0.2, 0) is 14.8 Å². The number of carbonyl (C=O) groups excluding carboxylic acids is 1. The van der Waals surface area contributed by atoms with Gasteiger partial charge in [-0.05, 0) is 32.4 Å². The van der Waals surface area contributed by atoms with E-state index in [-0.39, 0.29) is 26.4 Å². The van der Waals surface area contributed by atoms with Gasteiger partial charge in [-0.25, -0.2) is 8.42 Å². The number of rotatable bonds is 6. The van der Waals surface area contributed by atoms with Crippen molar-refractivity contribution in [3.63, 3.8) is 0 Å². The lowest BCUT2D eigenvalue weighted by Crippen LogP contribution is -3.16. The molecule has 1 aromatic rings. The number of piperazine rings is 1. The Morgan fingerprint density at radius 2 is 1.77 bits per heavy atom. The molecule has 0 saturated carbocycles. The van der Waals surface area contributed by atoms with Crippen LogP contribution in [-0.4, -0.2) is 56.9 Å². The second-order valence-corrected chi connectivity index (χ2v) is 9.86. The first-order valence-corrected chi connectivity index (χ1v) is 10.8. The fourth-order valence-corrected chi connectivity index (χ4v) is 5.35. The lowest BCUT2D eigenvalue weighted by Gasteiger charge is -2.32. The van der Waals surface area contributed by atoms with Crippen LogP contribution in [0.1, 0.15) is 27.2 Å². The van der Waals surface area contributed by atoms with E-state index in [1.165, 1.54) is 16.4 Å². The Balaban J connectivity index is 1.99. The van der Waals surface area contributed by atoms with Gasteiger partial charge in [-0.3, -0.25) is 4.79 Å². The van der Waals surface area contributed by atoms with Crippen LogP contribution in [0.25, 0.3) is 0 Å². The van der Waals surface area contributed by atoms with Gasteiger partial charge < -0.3 is 10.2 Å². The van der Waals surface area contributed by atoms with Gasteiger partial charge in [-0.2, -0.15) is 4.31 Å². The Bertz CT molecular complexity index is 740. The topological polar surface area (TPSA) is 70.9 Å². The number of amides is 1. The molecule has 1 aliphatic heterocycles. The van der Waals surface area contributed by atoms with E-state index in [2.05, 4.69) is 5.32 Å². The van der Waals surface area contributed by atoms with E-state index in [1.807, 2.05) is 20.8 Å². The molecule has 6 nitrogen and oxygen atoms in total. The minimum absolute atomic E-state index is 0.0164. The van der Waals surface area contributed by atoms with Crippen LogP contribution in [0, 0.1) is 0 Å². The number of halogens is 2. The van der Waals surface area contributed by atoms with E-state index in [0.29, 0.717) is 32.7 Å². The van der Waals surface area contributed by atoms with E-state index < -0.39 is 10.0 Å². The van der Waals surface area contributed by atoms with Crippen molar-refractivity contribution in [2.75, 3.05) is 32.7 Å². The third kappa shape index (κ3) is 5.10. The van der Waals surface area contributed by atoms with E-state index in [0.717, 1.165) is 11.3 Å². The normalized spacial score (nSPS) is 17.3. The van der Waals surface area contributed by atoms with Crippen molar-refractivity contribution in [2.45, 2.75) is 37.6 Å². The average Bonchev–Trinajstić information content (AvgIpc) is 2.54. The first-order valence-electron chi connectivity index (χ1n) is 8.65. The van der Waals surface area contributed by atoms with E-state index >= 15 is 0 Å². The van der Waals surface area contributed by atoms with Crippen LogP contribution in [0.2, 0.25) is 10.0 Å². The summed E-state index contributed by atoms with van der Waals surface area (Å²) in [4.78, 5) is 13.2. The Kier molecular flexibility index (Phi) is 6.96. The van der Waals surface area contributed by atoms with Crippen molar-refractivity contribution in [2.24, 2.45) is 0 Å². The molecule has 1 aliphatic rings. The highest BCUT2D eigenvalue weighted by molar-refractivity contribution is 7.89. The summed E-state index contributed by atoms with van der Waals surface area (Å²) in [5.41, 5.74) is -0.234. The molecule has 0 unspecified atom stereocenters. The molecule has 9 heteroatoms. The molecule has 2 rings (SSSR count). The molecule has 1 heterocycles. The van der Waals surface area contributed by atoms with Crippen LogP contribution in [0.5, 0.6) is 0 Å². The monoisotopic (exact) mass is 422 g/mol. The summed E-state index contributed by atoms with van der Waals surface area (Å²) in [6.07, 6.45) is 0.846. The highest BCUT2D eigenvalue weighted by atomic mass is 35.5. The summed E-state index contributed by atoms with van der Waals surface area (Å²) < 4.78 is 27.1. The molecule has 0 spiro atoms. The number of nitrogens with one attached hydrogen (secondary N) is 2. The smallest absolute Gasteiger partial charge is 0.275 e. The number of carbonyl (C=O) groups is 1. The van der Waals surface area contributed by atoms with Crippen LogP contribution in [0.15, 0.2) is 23.1 Å². The van der Waals surface area contributed by atoms with Gasteiger partial charge in [0.15, 0.2) is 6.54 Å². The van der Waals surface area contributed by atoms with Crippen molar-refractivity contribution in [3.8, 4) is 0 Å². The summed E-state index contributed by atoms with van der Waals surface area (Å²) in [5, 5.41) is 3.25. The first kappa shape index (κ1) is 21.4. The summed E-state index contributed by atoms with van der Waals surface area (Å²) in [5.74, 6) is -0.0164. The van der Waals surface area contributed by atoms with Gasteiger partial charge in [0.05, 0.1) is 36.2 Å². The van der Waals surface area contributed by atoms with Gasteiger partial charge in [0.25, 0.3) is 5.91 Å². The molecule has 0 atom stereocenters. The molecule has 2 N–H and O–H groups in total. The Hall–Kier alpha value is -0.860. The maximum Gasteiger partial charge on any atom is 0.275 e. The van der Waals surface area contributed by atoms with Crippen molar-refractivity contribution >= 4 is 39.1 Å². The number of sulfonamides is 1. The maximum absolute atomic E-state index is 12.9. The van der Waals surface area contributed by atoms with Crippen molar-refractivity contribution in [1.82, 2.24) is 9.62 Å². The lowest BCUT2D eigenvalue weighted by atomic mass is 10.0. The van der Waals surface area contributed by atoms with Gasteiger partial charge in [0.1, 0.15) is 4.90 Å². The summed E-state index contributed by atoms with van der Waals surface area (Å²) in [6, 6.07) is 4.64. The number of benzene rings is 1. The quantitative estimate of drug-likeness (QED) is 0.722. The molecule has 0 aromatic heterocycles. The molecule has 146 valence electrons. The SMILES string of the molecule is CCC(C)(C)NC(=O)C[NH+]1CCN(S(=O)(=O)c2c(Cl)cccc2Cl)CC1. The average molecular weight is 423 g/mol. The molecule has 1 aromatic carbocycles. The van der Waals surface area contributed by atoms with Crippen LogP contribution < -0.4 is 10.2 Å². The van der Waals surface area contributed by atoms with Crippen molar-refractivity contribution in [3.05, 3.63) is 28.2 Å². The fourth-order valence-electron chi connectivity index (χ4n) is 2.81. The summed E-state index contributed by atoms with van der Waals surface area (Å²) in [6.45, 7) is 8.09. The zero-order chi connectivity index (χ0) is 19.5. The zero-order valence-electron chi connectivity index (χ0n) is 15.3. The Morgan fingerprint density at radius 1 is 1.23 bits per heavy atom. The second kappa shape index (κ2) is 8.44. The molecule has 0 radical (unpaired) electrons. The number of hydrogen-bond acceptors (Lipinski definition) is 3. The number of hydrogen-bond donors (Lipinski definition) is 2. The first-order chi connectivity index (χ1) is 12.1. The molecule has 1 fully saturated rings. The second-order valence-electron chi connectivity index (χ2n) is 7.17. The van der Waals surface area contributed by atoms with Crippen molar-refractivity contribution in [1.29, 1.82) is 0 Å². The third-order valence-electron chi connectivity index (χ3n) is 4.72. The van der Waals surface area contributed by atoms with Gasteiger partial charge in [0, 0.05) is 5.54 Å². The fraction of sp³-hybridized carbons (Fsp3) is 0.588. The van der Waals surface area contributed by atoms with Gasteiger partial charge in [-0.1, -0.05) is 36.2 Å². The third-order valence-corrected chi connectivity index (χ3v) is 7.57. The molecule has 26 heavy (non-hydrogen) atoms. The minimum Gasteiger partial charge on any atom is -0.346 e. The van der Waals surface area contributed by atoms with Crippen LogP contribution in [0.3, 0.4) is 0 Å². The Morgan fingerprint density at radius 3 is 2.27 bits per heavy atom. The number of nitrogens with zero attached hydrogens (tertiary/aromatic N) is 1. The standard InChI is InChI=1S/C17H25Cl2N3O3S/c1-4-17(2,3)20-15(23)12-21-8-10-22(11-9-21)26(24,25)16-13(18)6-5-7-14(16)19/h5-7H,4,8-12H2,1-3H3,(H,20,23)/p+1. The van der Waals surface area contributed by atoms with E-state index in [4.69, 9.17) is 23.2 Å². The number of quaternary nitrogens is 1. The minimum atomic E-state index is -3.75. The van der Waals surface area contributed by atoms with Gasteiger partial charge >= 0.3 is 0 Å². The highest BCUT2D eigenvalue weighted by Gasteiger charge is 2.34. The predicted octanol–water partition coefficient (Wildman–Crippen LogP) is 1.19. The molecule has 1 saturated heterocycles. The maximum atomic E-state index is 12.9. The van der Waals surface area contributed by atoms with Crippen LogP contribution >= 0.6 is 23.2 Å². The largest absolute Gasteiger partial charge is 0.346 e.